The Morgan fingerprint density at radius 1 is 1.41 bits per heavy atom. The third-order valence-electron chi connectivity index (χ3n) is 3.82. The summed E-state index contributed by atoms with van der Waals surface area (Å²) in [5.74, 6) is 0.890. The number of rotatable bonds is 3. The molecular weight excluding hydrogens is 278 g/mol. The van der Waals surface area contributed by atoms with Gasteiger partial charge in [-0.25, -0.2) is 4.98 Å². The fourth-order valence-corrected chi connectivity index (χ4v) is 2.71. The first-order chi connectivity index (χ1) is 10.7. The fourth-order valence-electron chi connectivity index (χ4n) is 2.71. The highest BCUT2D eigenvalue weighted by atomic mass is 16.5. The lowest BCUT2D eigenvalue weighted by atomic mass is 10.1. The van der Waals surface area contributed by atoms with Crippen molar-refractivity contribution in [2.24, 2.45) is 4.99 Å². The van der Waals surface area contributed by atoms with E-state index in [1.54, 1.807) is 18.7 Å². The van der Waals surface area contributed by atoms with Gasteiger partial charge in [0.2, 0.25) is 0 Å². The number of aromatic nitrogens is 2. The van der Waals surface area contributed by atoms with Crippen LogP contribution in [0.5, 0.6) is 0 Å². The number of imidazole rings is 1. The van der Waals surface area contributed by atoms with Crippen molar-refractivity contribution in [3.63, 3.8) is 0 Å². The van der Waals surface area contributed by atoms with Gasteiger partial charge in [0, 0.05) is 25.0 Å². The summed E-state index contributed by atoms with van der Waals surface area (Å²) in [4.78, 5) is 9.10. The number of furan rings is 1. The second-order valence-electron chi connectivity index (χ2n) is 5.70. The molecule has 22 heavy (non-hydrogen) atoms. The lowest BCUT2D eigenvalue weighted by Crippen LogP contribution is -2.33. The molecule has 116 valence electrons. The van der Waals surface area contributed by atoms with E-state index in [-0.39, 0.29) is 0 Å². The van der Waals surface area contributed by atoms with Crippen LogP contribution < -0.4 is 10.7 Å². The Morgan fingerprint density at radius 2 is 2.18 bits per heavy atom. The van der Waals surface area contributed by atoms with Crippen molar-refractivity contribution >= 4 is 18.5 Å². The molecule has 0 bridgehead atoms. The molecule has 0 saturated carbocycles. The molecule has 1 aliphatic heterocycles. The van der Waals surface area contributed by atoms with Crippen molar-refractivity contribution in [2.45, 2.75) is 32.7 Å². The van der Waals surface area contributed by atoms with Crippen LogP contribution in [0.4, 0.5) is 0 Å². The lowest BCUT2D eigenvalue weighted by molar-refractivity contribution is 0.0693. The van der Waals surface area contributed by atoms with E-state index in [4.69, 9.17) is 14.1 Å². The summed E-state index contributed by atoms with van der Waals surface area (Å²) < 4.78 is 12.9. The molecule has 1 fully saturated rings. The van der Waals surface area contributed by atoms with Gasteiger partial charge >= 0.3 is 0 Å². The van der Waals surface area contributed by atoms with Gasteiger partial charge in [-0.15, -0.1) is 0 Å². The molecule has 0 unspecified atom stereocenters. The maximum Gasteiger partial charge on any atom is 0.144 e. The van der Waals surface area contributed by atoms with E-state index in [9.17, 15) is 0 Å². The van der Waals surface area contributed by atoms with E-state index >= 15 is 0 Å². The summed E-state index contributed by atoms with van der Waals surface area (Å²) in [5, 5.41) is 1.71. The molecule has 1 saturated heterocycles. The Labute approximate surface area is 129 Å². The number of nitrogens with zero attached hydrogens (tertiary/aromatic N) is 3. The largest absolute Gasteiger partial charge is 0.472 e. The summed E-state index contributed by atoms with van der Waals surface area (Å²) in [7, 11) is 0. The number of hydrogen-bond acceptors (Lipinski definition) is 4. The molecule has 1 aliphatic rings. The van der Waals surface area contributed by atoms with E-state index in [0.717, 1.165) is 53.9 Å². The highest BCUT2D eigenvalue weighted by Gasteiger charge is 2.21. The zero-order chi connectivity index (χ0) is 15.5. The number of aliphatic imine (C=N–C) groups is 1. The third-order valence-corrected chi connectivity index (χ3v) is 3.82. The Morgan fingerprint density at radius 3 is 2.82 bits per heavy atom. The first-order valence-corrected chi connectivity index (χ1v) is 7.55. The van der Waals surface area contributed by atoms with E-state index in [2.05, 4.69) is 16.1 Å². The normalized spacial score (nSPS) is 16.9. The number of ether oxygens (including phenoxy) is 1. The van der Waals surface area contributed by atoms with Gasteiger partial charge in [-0.2, -0.15) is 0 Å². The van der Waals surface area contributed by atoms with Crippen LogP contribution in [-0.4, -0.2) is 28.5 Å². The fraction of sp³-hybridized carbons (Fsp3) is 0.412. The van der Waals surface area contributed by atoms with Crippen molar-refractivity contribution < 1.29 is 9.15 Å². The molecule has 2 aromatic heterocycles. The quantitative estimate of drug-likeness (QED) is 0.816. The Bertz CT molecular complexity index is 762. The summed E-state index contributed by atoms with van der Waals surface area (Å²) in [6, 6.07) is 2.28. The minimum absolute atomic E-state index is 0.354. The first-order valence-electron chi connectivity index (χ1n) is 7.55. The minimum Gasteiger partial charge on any atom is -0.472 e. The van der Waals surface area contributed by atoms with E-state index in [1.165, 1.54) is 0 Å². The molecule has 0 aliphatic carbocycles. The maximum atomic E-state index is 5.48. The van der Waals surface area contributed by atoms with E-state index < -0.39 is 0 Å². The van der Waals surface area contributed by atoms with Gasteiger partial charge in [0.1, 0.15) is 17.4 Å². The molecule has 0 atom stereocenters. The molecule has 2 aromatic rings. The van der Waals surface area contributed by atoms with Crippen molar-refractivity contribution in [2.75, 3.05) is 13.2 Å². The van der Waals surface area contributed by atoms with Gasteiger partial charge in [0.15, 0.2) is 0 Å². The third kappa shape index (κ3) is 2.90. The Hall–Kier alpha value is -2.14. The lowest BCUT2D eigenvalue weighted by Gasteiger charge is -2.25. The van der Waals surface area contributed by atoms with Crippen LogP contribution in [0.2, 0.25) is 0 Å². The average molecular weight is 299 g/mol. The molecule has 0 N–H and O–H groups in total. The van der Waals surface area contributed by atoms with Crippen molar-refractivity contribution in [3.05, 3.63) is 29.3 Å². The van der Waals surface area contributed by atoms with Gasteiger partial charge in [-0.3, -0.25) is 4.99 Å². The molecule has 3 rings (SSSR count). The van der Waals surface area contributed by atoms with Crippen LogP contribution in [0, 0.1) is 0 Å². The van der Waals surface area contributed by atoms with Crippen LogP contribution in [0.25, 0.3) is 24.2 Å². The van der Waals surface area contributed by atoms with Crippen molar-refractivity contribution in [3.8, 4) is 11.4 Å². The summed E-state index contributed by atoms with van der Waals surface area (Å²) >= 11 is 0. The number of hydrogen-bond donors (Lipinski definition) is 0. The van der Waals surface area contributed by atoms with Gasteiger partial charge in [-0.1, -0.05) is 6.58 Å². The molecule has 5 nitrogen and oxygen atoms in total. The van der Waals surface area contributed by atoms with Crippen LogP contribution in [0.1, 0.15) is 32.7 Å². The molecule has 3 heterocycles. The predicted molar refractivity (Wildman–Crippen MR) is 87.0 cm³/mol. The topological polar surface area (TPSA) is 52.5 Å². The first kappa shape index (κ1) is 14.8. The maximum absolute atomic E-state index is 5.48. The van der Waals surface area contributed by atoms with Crippen LogP contribution in [0.3, 0.4) is 0 Å². The van der Waals surface area contributed by atoms with Crippen molar-refractivity contribution in [1.29, 1.82) is 0 Å². The van der Waals surface area contributed by atoms with Crippen LogP contribution >= 0.6 is 0 Å². The minimum atomic E-state index is 0.354. The molecule has 0 amide bonds. The molecule has 0 spiro atoms. The molecule has 5 heteroatoms. The van der Waals surface area contributed by atoms with E-state index in [0.29, 0.717) is 6.04 Å². The second-order valence-corrected chi connectivity index (χ2v) is 5.70. The van der Waals surface area contributed by atoms with Crippen LogP contribution in [0.15, 0.2) is 28.0 Å². The zero-order valence-corrected chi connectivity index (χ0v) is 13.1. The highest BCUT2D eigenvalue weighted by molar-refractivity contribution is 5.81. The SMILES string of the molecule is C=c1/c(=C\N=C(C)C)nc(-c2ccoc2)n1C1CCOCC1. The smallest absolute Gasteiger partial charge is 0.144 e. The van der Waals surface area contributed by atoms with E-state index in [1.807, 2.05) is 19.9 Å². The molecule has 0 aromatic carbocycles. The average Bonchev–Trinajstić information content (AvgIpc) is 3.14. The van der Waals surface area contributed by atoms with Crippen molar-refractivity contribution in [1.82, 2.24) is 9.55 Å². The summed E-state index contributed by atoms with van der Waals surface area (Å²) in [5.41, 5.74) is 1.96. The summed E-state index contributed by atoms with van der Waals surface area (Å²) in [6.45, 7) is 9.71. The van der Waals surface area contributed by atoms with Crippen LogP contribution in [-0.2, 0) is 4.74 Å². The standard InChI is InChI=1S/C17H21N3O2/c1-12(2)18-10-16-13(3)20(15-5-8-21-9-6-15)17(19-16)14-4-7-22-11-14/h4,7,10-11,15H,3,5-6,8-9H2,1-2H3/b16-10+. The second kappa shape index (κ2) is 6.32. The van der Waals surface area contributed by atoms with Gasteiger partial charge in [-0.05, 0) is 32.8 Å². The summed E-state index contributed by atoms with van der Waals surface area (Å²) in [6.07, 6.45) is 7.12. The van der Waals surface area contributed by atoms with Gasteiger partial charge in [0.25, 0.3) is 0 Å². The zero-order valence-electron chi connectivity index (χ0n) is 13.1. The predicted octanol–water partition coefficient (Wildman–Crippen LogP) is 2.12. The molecular formula is C17H21N3O2. The van der Waals surface area contributed by atoms with Gasteiger partial charge < -0.3 is 13.7 Å². The monoisotopic (exact) mass is 299 g/mol. The highest BCUT2D eigenvalue weighted by Crippen LogP contribution is 2.24. The Balaban J connectivity index is 2.15. The van der Waals surface area contributed by atoms with Gasteiger partial charge in [0.05, 0.1) is 23.4 Å². The Kier molecular flexibility index (Phi) is 4.24. The molecule has 0 radical (unpaired) electrons.